The molecule has 0 spiro atoms. The molecule has 2 aromatic carbocycles. The topological polar surface area (TPSA) is 66.5 Å². The van der Waals surface area contributed by atoms with Crippen LogP contribution in [0.2, 0.25) is 0 Å². The number of amides is 1. The summed E-state index contributed by atoms with van der Waals surface area (Å²) in [5.41, 5.74) is 9.38. The van der Waals surface area contributed by atoms with Crippen molar-refractivity contribution in [3.8, 4) is 17.0 Å². The lowest BCUT2D eigenvalue weighted by Gasteiger charge is -2.25. The van der Waals surface area contributed by atoms with Crippen molar-refractivity contribution in [1.29, 1.82) is 0 Å². The number of aromatic nitrogens is 1. The highest BCUT2D eigenvalue weighted by atomic mass is 16.6. The van der Waals surface area contributed by atoms with E-state index in [0.717, 1.165) is 22.6 Å². The first kappa shape index (κ1) is 14.6. The number of aryl methyl sites for hydroxylation is 1. The number of primary amides is 1. The van der Waals surface area contributed by atoms with Crippen LogP contribution in [0.5, 0.6) is 5.75 Å². The summed E-state index contributed by atoms with van der Waals surface area (Å²) in [7, 11) is 2.05. The fourth-order valence-electron chi connectivity index (χ4n) is 3.34. The van der Waals surface area contributed by atoms with Crippen molar-refractivity contribution in [2.75, 3.05) is 6.61 Å². The summed E-state index contributed by atoms with van der Waals surface area (Å²) in [6, 6.07) is 16.4. The molecule has 0 saturated heterocycles. The predicted molar refractivity (Wildman–Crippen MR) is 91.9 cm³/mol. The number of para-hydroxylation sites is 1. The van der Waals surface area contributed by atoms with Gasteiger partial charge in [0.25, 0.3) is 0 Å². The molecule has 1 atom stereocenters. The number of carbonyl (C=O) groups excluding carboxylic acids is 1. The van der Waals surface area contributed by atoms with Gasteiger partial charge in [-0.2, -0.15) is 0 Å². The lowest BCUT2D eigenvalue weighted by atomic mass is 10.00. The maximum Gasteiger partial charge on any atom is 0.405 e. The number of ether oxygens (including phenoxy) is 2. The summed E-state index contributed by atoms with van der Waals surface area (Å²) in [6.45, 7) is 0.503. The van der Waals surface area contributed by atoms with E-state index in [1.54, 1.807) is 0 Å². The summed E-state index contributed by atoms with van der Waals surface area (Å²) in [5.74, 6) is 0.746. The van der Waals surface area contributed by atoms with Crippen molar-refractivity contribution >= 4 is 17.0 Å². The van der Waals surface area contributed by atoms with Crippen LogP contribution >= 0.6 is 0 Å². The van der Waals surface area contributed by atoms with Gasteiger partial charge in [-0.25, -0.2) is 4.79 Å². The smallest absolute Gasteiger partial charge is 0.405 e. The number of rotatable bonds is 2. The van der Waals surface area contributed by atoms with Crippen LogP contribution in [0.4, 0.5) is 4.79 Å². The minimum atomic E-state index is -0.759. The van der Waals surface area contributed by atoms with Gasteiger partial charge in [0.1, 0.15) is 11.9 Å². The van der Waals surface area contributed by atoms with Gasteiger partial charge >= 0.3 is 6.09 Å². The molecule has 0 radical (unpaired) electrons. The minimum absolute atomic E-state index is 0.340. The van der Waals surface area contributed by atoms with E-state index in [9.17, 15) is 4.79 Å². The van der Waals surface area contributed by atoms with Crippen LogP contribution in [0.1, 0.15) is 18.1 Å². The van der Waals surface area contributed by atoms with E-state index in [1.165, 1.54) is 10.9 Å². The Hall–Kier alpha value is -2.95. The molecule has 1 aliphatic rings. The van der Waals surface area contributed by atoms with Gasteiger partial charge in [0.2, 0.25) is 0 Å². The molecule has 0 bridgehead atoms. The fourth-order valence-corrected chi connectivity index (χ4v) is 3.34. The number of carbonyl (C=O) groups is 1. The molecular formula is C19H18N2O3. The molecule has 1 amide bonds. The Morgan fingerprint density at radius 3 is 2.88 bits per heavy atom. The number of nitrogens with zero attached hydrogens (tertiary/aromatic N) is 1. The molecule has 5 nitrogen and oxygen atoms in total. The zero-order valence-corrected chi connectivity index (χ0v) is 13.4. The Kier molecular flexibility index (Phi) is 3.41. The molecule has 1 aromatic heterocycles. The van der Waals surface area contributed by atoms with Crippen LogP contribution in [-0.2, 0) is 11.8 Å². The van der Waals surface area contributed by atoms with Gasteiger partial charge in [-0.3, -0.25) is 0 Å². The van der Waals surface area contributed by atoms with Crippen molar-refractivity contribution in [3.05, 3.63) is 54.1 Å². The molecular weight excluding hydrogens is 304 g/mol. The van der Waals surface area contributed by atoms with E-state index >= 15 is 0 Å². The number of nitrogens with two attached hydrogens (primary N) is 1. The third-order valence-corrected chi connectivity index (χ3v) is 4.50. The molecule has 1 unspecified atom stereocenters. The van der Waals surface area contributed by atoms with Gasteiger partial charge in [-0.05, 0) is 18.2 Å². The maximum atomic E-state index is 11.1. The predicted octanol–water partition coefficient (Wildman–Crippen LogP) is 3.76. The second kappa shape index (κ2) is 5.60. The summed E-state index contributed by atoms with van der Waals surface area (Å²) in [4.78, 5) is 11.1. The van der Waals surface area contributed by atoms with E-state index in [2.05, 4.69) is 29.8 Å². The highest BCUT2D eigenvalue weighted by Gasteiger charge is 2.25. The minimum Gasteiger partial charge on any atom is -0.493 e. The Morgan fingerprint density at radius 1 is 1.25 bits per heavy atom. The Balaban J connectivity index is 1.77. The molecule has 122 valence electrons. The van der Waals surface area contributed by atoms with Crippen molar-refractivity contribution in [1.82, 2.24) is 4.57 Å². The van der Waals surface area contributed by atoms with Crippen LogP contribution in [0.25, 0.3) is 22.2 Å². The number of hydrogen-bond donors (Lipinski definition) is 1. The quantitative estimate of drug-likeness (QED) is 0.781. The summed E-state index contributed by atoms with van der Waals surface area (Å²) < 4.78 is 13.1. The van der Waals surface area contributed by atoms with E-state index in [4.69, 9.17) is 15.2 Å². The van der Waals surface area contributed by atoms with Gasteiger partial charge < -0.3 is 19.8 Å². The third-order valence-electron chi connectivity index (χ3n) is 4.50. The van der Waals surface area contributed by atoms with Gasteiger partial charge in [0, 0.05) is 41.2 Å². The molecule has 2 N–H and O–H groups in total. The molecule has 0 aliphatic carbocycles. The van der Waals surface area contributed by atoms with E-state index in [0.29, 0.717) is 13.0 Å². The van der Waals surface area contributed by atoms with Gasteiger partial charge in [0.15, 0.2) is 0 Å². The Morgan fingerprint density at radius 2 is 2.08 bits per heavy atom. The molecule has 0 saturated carbocycles. The van der Waals surface area contributed by atoms with Crippen LogP contribution < -0.4 is 10.5 Å². The third kappa shape index (κ3) is 2.38. The van der Waals surface area contributed by atoms with Crippen LogP contribution in [0.3, 0.4) is 0 Å². The molecule has 1 aliphatic heterocycles. The zero-order chi connectivity index (χ0) is 16.7. The van der Waals surface area contributed by atoms with E-state index in [1.807, 2.05) is 30.3 Å². The standard InChI is InChI=1S/C19H18N2O3/c1-21-15-5-3-2-4-12(15)10-16(21)13-6-7-14-17(24-19(20)22)8-9-23-18(14)11-13/h2-7,10-11,17H,8-9H2,1H3,(H2,20,22). The summed E-state index contributed by atoms with van der Waals surface area (Å²) in [6.07, 6.45) is -0.484. The largest absolute Gasteiger partial charge is 0.493 e. The lowest BCUT2D eigenvalue weighted by Crippen LogP contribution is -2.22. The second-order valence-electron chi connectivity index (χ2n) is 5.96. The van der Waals surface area contributed by atoms with Gasteiger partial charge in [-0.1, -0.05) is 30.3 Å². The SMILES string of the molecule is Cn1c(-c2ccc3c(c2)OCCC3OC(N)=O)cc2ccccc21. The molecule has 0 fully saturated rings. The van der Waals surface area contributed by atoms with Gasteiger partial charge in [-0.15, -0.1) is 0 Å². The highest BCUT2D eigenvalue weighted by molar-refractivity contribution is 5.87. The van der Waals surface area contributed by atoms with Gasteiger partial charge in [0.05, 0.1) is 6.61 Å². The lowest BCUT2D eigenvalue weighted by molar-refractivity contribution is 0.0766. The first-order valence-corrected chi connectivity index (χ1v) is 7.91. The molecule has 5 heteroatoms. The number of hydrogen-bond acceptors (Lipinski definition) is 3. The second-order valence-corrected chi connectivity index (χ2v) is 5.96. The normalized spacial score (nSPS) is 16.5. The molecule has 3 aromatic rings. The van der Waals surface area contributed by atoms with E-state index < -0.39 is 6.09 Å². The Labute approximate surface area is 139 Å². The summed E-state index contributed by atoms with van der Waals surface area (Å²) in [5, 5.41) is 1.20. The Bertz CT molecular complexity index is 930. The van der Waals surface area contributed by atoms with E-state index in [-0.39, 0.29) is 6.10 Å². The number of benzene rings is 2. The monoisotopic (exact) mass is 322 g/mol. The van der Waals surface area contributed by atoms with Crippen LogP contribution in [-0.4, -0.2) is 17.3 Å². The average molecular weight is 322 g/mol. The zero-order valence-electron chi connectivity index (χ0n) is 13.4. The van der Waals surface area contributed by atoms with Crippen molar-refractivity contribution in [3.63, 3.8) is 0 Å². The highest BCUT2D eigenvalue weighted by Crippen LogP contribution is 2.38. The van der Waals surface area contributed by atoms with Crippen molar-refractivity contribution in [2.45, 2.75) is 12.5 Å². The number of fused-ring (bicyclic) bond motifs is 2. The first-order chi connectivity index (χ1) is 11.6. The molecule has 24 heavy (non-hydrogen) atoms. The average Bonchev–Trinajstić information content (AvgIpc) is 2.91. The van der Waals surface area contributed by atoms with Crippen molar-refractivity contribution in [2.24, 2.45) is 12.8 Å². The molecule has 2 heterocycles. The van der Waals surface area contributed by atoms with Crippen LogP contribution in [0, 0.1) is 0 Å². The first-order valence-electron chi connectivity index (χ1n) is 7.91. The van der Waals surface area contributed by atoms with Crippen molar-refractivity contribution < 1.29 is 14.3 Å². The summed E-state index contributed by atoms with van der Waals surface area (Å²) >= 11 is 0. The maximum absolute atomic E-state index is 11.1. The molecule has 4 rings (SSSR count). The van der Waals surface area contributed by atoms with Crippen LogP contribution in [0.15, 0.2) is 48.5 Å². The fraction of sp³-hybridized carbons (Fsp3) is 0.211.